The second-order valence-electron chi connectivity index (χ2n) is 6.96. The maximum atomic E-state index is 12.5. The van der Waals surface area contributed by atoms with Crippen LogP contribution in [0.5, 0.6) is 0 Å². The van der Waals surface area contributed by atoms with Gasteiger partial charge in [-0.05, 0) is 45.7 Å². The van der Waals surface area contributed by atoms with Gasteiger partial charge in [0, 0.05) is 13.1 Å². The fraction of sp³-hybridized carbons (Fsp3) is 0.529. The maximum Gasteiger partial charge on any atom is 0.410 e. The van der Waals surface area contributed by atoms with Gasteiger partial charge in [-0.15, -0.1) is 0 Å². The van der Waals surface area contributed by atoms with Crippen molar-refractivity contribution in [2.24, 2.45) is 5.92 Å². The first-order valence-corrected chi connectivity index (χ1v) is 8.38. The zero-order valence-electron chi connectivity index (χ0n) is 14.3. The molecule has 0 saturated carbocycles. The van der Waals surface area contributed by atoms with E-state index in [1.54, 1.807) is 23.1 Å². The summed E-state index contributed by atoms with van der Waals surface area (Å²) < 4.78 is 5.38. The highest BCUT2D eigenvalue weighted by molar-refractivity contribution is 6.33. The highest BCUT2D eigenvalue weighted by Gasteiger charge is 2.31. The summed E-state index contributed by atoms with van der Waals surface area (Å²) in [6, 6.07) is 5.09. The Morgan fingerprint density at radius 2 is 2.08 bits per heavy atom. The molecule has 1 aromatic carbocycles. The number of para-hydroxylation sites is 1. The third kappa shape index (κ3) is 4.77. The van der Waals surface area contributed by atoms with Gasteiger partial charge in [-0.3, -0.25) is 4.79 Å². The summed E-state index contributed by atoms with van der Waals surface area (Å²) in [6.45, 7) is 6.39. The minimum absolute atomic E-state index is 0.169. The van der Waals surface area contributed by atoms with E-state index in [1.165, 1.54) is 0 Å². The number of rotatable bonds is 2. The first kappa shape index (κ1) is 18.4. The number of nitrogens with two attached hydrogens (primary N) is 1. The van der Waals surface area contributed by atoms with Gasteiger partial charge < -0.3 is 20.7 Å². The Bertz CT molecular complexity index is 628. The van der Waals surface area contributed by atoms with Crippen LogP contribution >= 0.6 is 11.6 Å². The molecule has 1 fully saturated rings. The second kappa shape index (κ2) is 7.30. The van der Waals surface area contributed by atoms with Crippen molar-refractivity contribution in [2.75, 3.05) is 24.1 Å². The number of nitrogens with zero attached hydrogens (tertiary/aromatic N) is 1. The van der Waals surface area contributed by atoms with Crippen LogP contribution in [0, 0.1) is 5.92 Å². The van der Waals surface area contributed by atoms with E-state index >= 15 is 0 Å². The molecule has 132 valence electrons. The predicted molar refractivity (Wildman–Crippen MR) is 95.0 cm³/mol. The van der Waals surface area contributed by atoms with Crippen LogP contribution in [0.25, 0.3) is 0 Å². The number of carbonyl (C=O) groups is 2. The predicted octanol–water partition coefficient (Wildman–Crippen LogP) is 3.51. The summed E-state index contributed by atoms with van der Waals surface area (Å²) in [5.74, 6) is -0.470. The average Bonchev–Trinajstić information content (AvgIpc) is 2.50. The van der Waals surface area contributed by atoms with Gasteiger partial charge in [0.15, 0.2) is 0 Å². The number of nitrogen functional groups attached to an aromatic ring is 1. The topological polar surface area (TPSA) is 84.7 Å². The largest absolute Gasteiger partial charge is 0.444 e. The number of nitrogens with one attached hydrogen (secondary N) is 1. The lowest BCUT2D eigenvalue weighted by Gasteiger charge is -2.33. The number of hydrogen-bond donors (Lipinski definition) is 2. The Hall–Kier alpha value is -1.95. The summed E-state index contributed by atoms with van der Waals surface area (Å²) in [5.41, 5.74) is 6.15. The van der Waals surface area contributed by atoms with Crippen molar-refractivity contribution < 1.29 is 14.3 Å². The summed E-state index contributed by atoms with van der Waals surface area (Å²) in [7, 11) is 0. The molecule has 2 amide bonds. The number of anilines is 2. The number of likely N-dealkylation sites (tertiary alicyclic amines) is 1. The number of benzene rings is 1. The van der Waals surface area contributed by atoms with Crippen LogP contribution in [0.15, 0.2) is 18.2 Å². The number of ether oxygens (including phenoxy) is 1. The highest BCUT2D eigenvalue weighted by Crippen LogP contribution is 2.28. The molecule has 0 radical (unpaired) electrons. The lowest BCUT2D eigenvalue weighted by atomic mass is 9.97. The number of piperidine rings is 1. The van der Waals surface area contributed by atoms with Gasteiger partial charge >= 0.3 is 6.09 Å². The summed E-state index contributed by atoms with van der Waals surface area (Å²) >= 11 is 5.96. The molecule has 1 aliphatic rings. The summed E-state index contributed by atoms with van der Waals surface area (Å²) in [6.07, 6.45) is 1.08. The molecule has 1 unspecified atom stereocenters. The Morgan fingerprint density at radius 3 is 2.75 bits per heavy atom. The molecule has 0 spiro atoms. The molecule has 1 heterocycles. The first-order valence-electron chi connectivity index (χ1n) is 8.00. The zero-order chi connectivity index (χ0) is 17.9. The minimum atomic E-state index is -0.554. The van der Waals surface area contributed by atoms with E-state index in [9.17, 15) is 9.59 Å². The third-order valence-electron chi connectivity index (χ3n) is 3.75. The van der Waals surface area contributed by atoms with Crippen molar-refractivity contribution in [1.29, 1.82) is 0 Å². The van der Waals surface area contributed by atoms with Crippen molar-refractivity contribution in [3.63, 3.8) is 0 Å². The molecule has 0 aromatic heterocycles. The van der Waals surface area contributed by atoms with Crippen LogP contribution in [0.2, 0.25) is 5.02 Å². The van der Waals surface area contributed by atoms with Gasteiger partial charge in [0.25, 0.3) is 0 Å². The van der Waals surface area contributed by atoms with E-state index in [4.69, 9.17) is 22.1 Å². The van der Waals surface area contributed by atoms with Gasteiger partial charge in [0.1, 0.15) is 5.60 Å². The molecule has 0 bridgehead atoms. The van der Waals surface area contributed by atoms with E-state index in [1.807, 2.05) is 20.8 Å². The Morgan fingerprint density at radius 1 is 1.38 bits per heavy atom. The molecule has 1 aromatic rings. The van der Waals surface area contributed by atoms with Gasteiger partial charge in [0.05, 0.1) is 22.3 Å². The lowest BCUT2D eigenvalue weighted by molar-refractivity contribution is -0.121. The Balaban J connectivity index is 2.00. The molecule has 3 N–H and O–H groups in total. The van der Waals surface area contributed by atoms with E-state index < -0.39 is 5.60 Å². The number of amides is 2. The molecule has 24 heavy (non-hydrogen) atoms. The molecule has 0 aliphatic carbocycles. The van der Waals surface area contributed by atoms with Crippen molar-refractivity contribution in [2.45, 2.75) is 39.2 Å². The molecule has 7 heteroatoms. The normalized spacial score (nSPS) is 18.2. The fourth-order valence-corrected chi connectivity index (χ4v) is 2.74. The van der Waals surface area contributed by atoms with E-state index in [-0.39, 0.29) is 17.9 Å². The van der Waals surface area contributed by atoms with Gasteiger partial charge in [-0.25, -0.2) is 4.79 Å². The van der Waals surface area contributed by atoms with Crippen molar-refractivity contribution in [3.05, 3.63) is 23.2 Å². The van der Waals surface area contributed by atoms with Crippen LogP contribution in [-0.4, -0.2) is 35.6 Å². The smallest absolute Gasteiger partial charge is 0.410 e. The minimum Gasteiger partial charge on any atom is -0.444 e. The number of hydrogen-bond acceptors (Lipinski definition) is 4. The maximum absolute atomic E-state index is 12.5. The van der Waals surface area contributed by atoms with Gasteiger partial charge in [-0.2, -0.15) is 0 Å². The van der Waals surface area contributed by atoms with Crippen LogP contribution < -0.4 is 11.1 Å². The van der Waals surface area contributed by atoms with Crippen molar-refractivity contribution in [1.82, 2.24) is 4.90 Å². The van der Waals surface area contributed by atoms with E-state index in [2.05, 4.69) is 5.32 Å². The number of carbonyl (C=O) groups excluding carboxylic acids is 2. The summed E-state index contributed by atoms with van der Waals surface area (Å²) in [4.78, 5) is 26.3. The first-order chi connectivity index (χ1) is 11.2. The van der Waals surface area contributed by atoms with Crippen LogP contribution in [-0.2, 0) is 9.53 Å². The fourth-order valence-electron chi connectivity index (χ4n) is 2.56. The Labute approximate surface area is 147 Å². The molecule has 1 atom stereocenters. The number of halogens is 1. The molecule has 1 saturated heterocycles. The van der Waals surface area contributed by atoms with Crippen molar-refractivity contribution in [3.8, 4) is 0 Å². The van der Waals surface area contributed by atoms with Crippen LogP contribution in [0.4, 0.5) is 16.2 Å². The lowest BCUT2D eigenvalue weighted by Crippen LogP contribution is -2.45. The Kier molecular flexibility index (Phi) is 5.59. The highest BCUT2D eigenvalue weighted by atomic mass is 35.5. The zero-order valence-corrected chi connectivity index (χ0v) is 15.0. The van der Waals surface area contributed by atoms with Gasteiger partial charge in [-0.1, -0.05) is 17.7 Å². The molecular formula is C17H24ClN3O3. The van der Waals surface area contributed by atoms with Crippen LogP contribution in [0.1, 0.15) is 33.6 Å². The molecular weight excluding hydrogens is 330 g/mol. The quantitative estimate of drug-likeness (QED) is 0.797. The van der Waals surface area contributed by atoms with Crippen LogP contribution in [0.3, 0.4) is 0 Å². The molecule has 2 rings (SSSR count). The van der Waals surface area contributed by atoms with E-state index in [0.717, 1.165) is 6.42 Å². The van der Waals surface area contributed by atoms with Gasteiger partial charge in [0.2, 0.25) is 5.91 Å². The molecule has 6 nitrogen and oxygen atoms in total. The molecule has 1 aliphatic heterocycles. The summed E-state index contributed by atoms with van der Waals surface area (Å²) in [5, 5.41) is 3.20. The van der Waals surface area contributed by atoms with Crippen molar-refractivity contribution >= 4 is 35.0 Å². The van der Waals surface area contributed by atoms with E-state index in [0.29, 0.717) is 35.9 Å². The third-order valence-corrected chi connectivity index (χ3v) is 4.08. The SMILES string of the molecule is CC(C)(C)OC(=O)N1CCCC(C(=O)Nc2cccc(Cl)c2N)C1. The standard InChI is InChI=1S/C17H24ClN3O3/c1-17(2,3)24-16(23)21-9-5-6-11(10-21)15(22)20-13-8-4-7-12(18)14(13)19/h4,7-8,11H,5-6,9-10,19H2,1-3H3,(H,20,22). The average molecular weight is 354 g/mol. The monoisotopic (exact) mass is 353 g/mol. The second-order valence-corrected chi connectivity index (χ2v) is 7.36.